The average Bonchev–Trinajstić information content (AvgIpc) is 3.04. The first kappa shape index (κ1) is 14.7. The highest BCUT2D eigenvalue weighted by Crippen LogP contribution is 2.24. The van der Waals surface area contributed by atoms with E-state index in [9.17, 15) is 4.79 Å². The van der Waals surface area contributed by atoms with Gasteiger partial charge in [-0.15, -0.1) is 10.2 Å². The van der Waals surface area contributed by atoms with E-state index in [0.29, 0.717) is 29.8 Å². The summed E-state index contributed by atoms with van der Waals surface area (Å²) in [6.45, 7) is 2.29. The Morgan fingerprint density at radius 2 is 2.00 bits per heavy atom. The summed E-state index contributed by atoms with van der Waals surface area (Å²) < 4.78 is 5.74. The number of amides is 1. The molecule has 0 atom stereocenters. The number of carbonyl (C=O) groups is 1. The van der Waals surface area contributed by atoms with Gasteiger partial charge < -0.3 is 14.6 Å². The molecule has 1 N–H and O–H groups in total. The first-order chi connectivity index (χ1) is 10.7. The molecule has 1 amide bonds. The Hall–Kier alpha value is -2.21. The summed E-state index contributed by atoms with van der Waals surface area (Å²) in [5.74, 6) is 1.46. The van der Waals surface area contributed by atoms with Crippen LogP contribution in [0.4, 0.5) is 0 Å². The third kappa shape index (κ3) is 3.33. The van der Waals surface area contributed by atoms with Crippen LogP contribution >= 0.6 is 0 Å². The zero-order valence-electron chi connectivity index (χ0n) is 12.7. The van der Waals surface area contributed by atoms with Gasteiger partial charge >= 0.3 is 0 Å². The van der Waals surface area contributed by atoms with Gasteiger partial charge in [0.1, 0.15) is 0 Å². The number of hydrogen-bond acceptors (Lipinski definition) is 5. The van der Waals surface area contributed by atoms with Crippen molar-refractivity contribution in [3.05, 3.63) is 47.7 Å². The molecule has 0 spiro atoms. The van der Waals surface area contributed by atoms with Gasteiger partial charge in [-0.1, -0.05) is 18.2 Å². The minimum absolute atomic E-state index is 0.0535. The Kier molecular flexibility index (Phi) is 4.48. The summed E-state index contributed by atoms with van der Waals surface area (Å²) in [6.07, 6.45) is 2.03. The topological polar surface area (TPSA) is 71.3 Å². The van der Waals surface area contributed by atoms with Crippen molar-refractivity contribution in [1.82, 2.24) is 20.4 Å². The molecule has 6 nitrogen and oxygen atoms in total. The molecule has 1 aromatic heterocycles. The van der Waals surface area contributed by atoms with Gasteiger partial charge in [-0.3, -0.25) is 4.79 Å². The van der Waals surface area contributed by atoms with Gasteiger partial charge in [0.05, 0.1) is 6.54 Å². The van der Waals surface area contributed by atoms with Crippen LogP contribution < -0.4 is 5.32 Å². The summed E-state index contributed by atoms with van der Waals surface area (Å²) in [5.41, 5.74) is 0.656. The van der Waals surface area contributed by atoms with Crippen LogP contribution in [0.25, 0.3) is 0 Å². The van der Waals surface area contributed by atoms with Crippen molar-refractivity contribution >= 4 is 5.91 Å². The van der Waals surface area contributed by atoms with E-state index in [-0.39, 0.29) is 5.91 Å². The normalized spacial score (nSPS) is 15.7. The fraction of sp³-hybridized carbons (Fsp3) is 0.438. The number of aromatic nitrogens is 2. The van der Waals surface area contributed by atoms with Crippen molar-refractivity contribution in [2.45, 2.75) is 25.3 Å². The number of nitrogens with zero attached hydrogens (tertiary/aromatic N) is 3. The second kappa shape index (κ2) is 6.70. The molecule has 1 aliphatic heterocycles. The van der Waals surface area contributed by atoms with Gasteiger partial charge in [0.15, 0.2) is 0 Å². The number of hydrogen-bond donors (Lipinski definition) is 1. The van der Waals surface area contributed by atoms with Crippen LogP contribution in [0, 0.1) is 0 Å². The standard InChI is InChI=1S/C16H20N4O2/c1-20(16(21)13-5-3-2-4-6-13)11-14-18-19-15(22-14)12-7-9-17-10-8-12/h2-6,12,17H,7-11H2,1H3. The van der Waals surface area contributed by atoms with Crippen LogP contribution in [-0.4, -0.2) is 41.1 Å². The van der Waals surface area contributed by atoms with E-state index >= 15 is 0 Å². The lowest BCUT2D eigenvalue weighted by atomic mass is 9.98. The quantitative estimate of drug-likeness (QED) is 0.932. The third-order valence-corrected chi connectivity index (χ3v) is 3.91. The van der Waals surface area contributed by atoms with E-state index in [1.165, 1.54) is 0 Å². The lowest BCUT2D eigenvalue weighted by molar-refractivity contribution is 0.0772. The second-order valence-corrected chi connectivity index (χ2v) is 5.59. The van der Waals surface area contributed by atoms with Crippen LogP contribution in [0.5, 0.6) is 0 Å². The monoisotopic (exact) mass is 300 g/mol. The van der Waals surface area contributed by atoms with E-state index < -0.39 is 0 Å². The highest BCUT2D eigenvalue weighted by molar-refractivity contribution is 5.93. The smallest absolute Gasteiger partial charge is 0.254 e. The average molecular weight is 300 g/mol. The van der Waals surface area contributed by atoms with Crippen molar-refractivity contribution in [3.63, 3.8) is 0 Å². The Morgan fingerprint density at radius 1 is 1.27 bits per heavy atom. The fourth-order valence-corrected chi connectivity index (χ4v) is 2.64. The molecule has 0 bridgehead atoms. The molecule has 2 aromatic rings. The second-order valence-electron chi connectivity index (χ2n) is 5.59. The zero-order chi connectivity index (χ0) is 15.4. The van der Waals surface area contributed by atoms with Gasteiger partial charge in [-0.2, -0.15) is 0 Å². The summed E-state index contributed by atoms with van der Waals surface area (Å²) in [4.78, 5) is 13.9. The minimum Gasteiger partial charge on any atom is -0.423 e. The highest BCUT2D eigenvalue weighted by Gasteiger charge is 2.22. The van der Waals surface area contributed by atoms with Crippen molar-refractivity contribution in [3.8, 4) is 0 Å². The Bertz CT molecular complexity index is 620. The van der Waals surface area contributed by atoms with Crippen molar-refractivity contribution in [2.24, 2.45) is 0 Å². The van der Waals surface area contributed by atoms with Crippen LogP contribution in [0.1, 0.15) is 40.9 Å². The molecule has 0 unspecified atom stereocenters. The number of carbonyl (C=O) groups excluding carboxylic acids is 1. The van der Waals surface area contributed by atoms with E-state index in [2.05, 4.69) is 15.5 Å². The number of rotatable bonds is 4. The molecule has 0 radical (unpaired) electrons. The predicted octanol–water partition coefficient (Wildman–Crippen LogP) is 1.81. The highest BCUT2D eigenvalue weighted by atomic mass is 16.4. The van der Waals surface area contributed by atoms with Crippen molar-refractivity contribution < 1.29 is 9.21 Å². The molecular weight excluding hydrogens is 280 g/mol. The van der Waals surface area contributed by atoms with Crippen molar-refractivity contribution in [1.29, 1.82) is 0 Å². The lowest BCUT2D eigenvalue weighted by Crippen LogP contribution is -2.27. The number of piperidine rings is 1. The maximum Gasteiger partial charge on any atom is 0.254 e. The van der Waals surface area contributed by atoms with Gasteiger partial charge in [0.25, 0.3) is 5.91 Å². The Morgan fingerprint density at radius 3 is 2.73 bits per heavy atom. The number of nitrogens with one attached hydrogen (secondary N) is 1. The van der Waals surface area contributed by atoms with Crippen molar-refractivity contribution in [2.75, 3.05) is 20.1 Å². The summed E-state index contributed by atoms with van der Waals surface area (Å²) >= 11 is 0. The SMILES string of the molecule is CN(Cc1nnc(C2CCNCC2)o1)C(=O)c1ccccc1. The number of benzene rings is 1. The molecule has 1 aliphatic rings. The lowest BCUT2D eigenvalue weighted by Gasteiger charge is -2.19. The van der Waals surface area contributed by atoms with Gasteiger partial charge in [-0.05, 0) is 38.1 Å². The third-order valence-electron chi connectivity index (χ3n) is 3.91. The van der Waals surface area contributed by atoms with Crippen LogP contribution in [0.3, 0.4) is 0 Å². The maximum absolute atomic E-state index is 12.3. The van der Waals surface area contributed by atoms with E-state index in [1.54, 1.807) is 24.1 Å². The van der Waals surface area contributed by atoms with E-state index in [4.69, 9.17) is 4.42 Å². The molecule has 22 heavy (non-hydrogen) atoms. The van der Waals surface area contributed by atoms with Gasteiger partial charge in [-0.25, -0.2) is 0 Å². The van der Waals surface area contributed by atoms with E-state index in [0.717, 1.165) is 25.9 Å². The zero-order valence-corrected chi connectivity index (χ0v) is 12.7. The molecule has 1 aromatic carbocycles. The van der Waals surface area contributed by atoms with Gasteiger partial charge in [0, 0.05) is 18.5 Å². The first-order valence-electron chi connectivity index (χ1n) is 7.57. The molecule has 116 valence electrons. The molecule has 3 rings (SSSR count). The van der Waals surface area contributed by atoms with Crippen LogP contribution in [0.15, 0.2) is 34.7 Å². The molecule has 6 heteroatoms. The summed E-state index contributed by atoms with van der Waals surface area (Å²) in [6, 6.07) is 9.19. The molecule has 1 fully saturated rings. The van der Waals surface area contributed by atoms with Crippen LogP contribution in [0.2, 0.25) is 0 Å². The molecule has 1 saturated heterocycles. The fourth-order valence-electron chi connectivity index (χ4n) is 2.64. The molecular formula is C16H20N4O2. The Balaban J connectivity index is 1.63. The predicted molar refractivity (Wildman–Crippen MR) is 81.4 cm³/mol. The first-order valence-corrected chi connectivity index (χ1v) is 7.57. The molecule has 0 saturated carbocycles. The maximum atomic E-state index is 12.3. The Labute approximate surface area is 129 Å². The molecule has 0 aliphatic carbocycles. The van der Waals surface area contributed by atoms with Gasteiger partial charge in [0.2, 0.25) is 11.8 Å². The van der Waals surface area contributed by atoms with Crippen LogP contribution in [-0.2, 0) is 6.54 Å². The minimum atomic E-state index is -0.0535. The van der Waals surface area contributed by atoms with E-state index in [1.807, 2.05) is 18.2 Å². The summed E-state index contributed by atoms with van der Waals surface area (Å²) in [7, 11) is 1.74. The largest absolute Gasteiger partial charge is 0.423 e. The summed E-state index contributed by atoms with van der Waals surface area (Å²) in [5, 5.41) is 11.5. The molecule has 2 heterocycles.